The highest BCUT2D eigenvalue weighted by atomic mass is 19.1. The van der Waals surface area contributed by atoms with Gasteiger partial charge in [-0.3, -0.25) is 4.79 Å². The van der Waals surface area contributed by atoms with Crippen LogP contribution in [0, 0.1) is 56.6 Å². The summed E-state index contributed by atoms with van der Waals surface area (Å²) in [4.78, 5) is 14.5. The number of hydrogen-bond donors (Lipinski definition) is 2. The SMILES string of the molecule is CC(=O)N(Cc1ccc(F)cc1)CC1C[C@@H](C)[C@H]2C(O1)[C@H](O)[C@@]1(C)C3CC[C@H]4C(C)(C)[C@@H](O)CCC45CC35CC[C@]21C. The number of aliphatic hydroxyl groups excluding tert-OH is 2. The van der Waals surface area contributed by atoms with E-state index in [0.29, 0.717) is 47.6 Å². The average Bonchev–Trinajstić information content (AvgIpc) is 3.57. The molecule has 1 heterocycles. The maximum Gasteiger partial charge on any atom is 0.219 e. The van der Waals surface area contributed by atoms with Gasteiger partial charge in [-0.1, -0.05) is 46.8 Å². The minimum atomic E-state index is -0.529. The summed E-state index contributed by atoms with van der Waals surface area (Å²) in [6, 6.07) is 6.36. The Morgan fingerprint density at radius 2 is 1.67 bits per heavy atom. The largest absolute Gasteiger partial charge is 0.393 e. The van der Waals surface area contributed by atoms with Gasteiger partial charge in [0.05, 0.1) is 24.4 Å². The first kappa shape index (κ1) is 29.2. The van der Waals surface area contributed by atoms with E-state index in [4.69, 9.17) is 4.74 Å². The number of halogens is 1. The number of ether oxygens (including phenoxy) is 1. The van der Waals surface area contributed by atoms with Gasteiger partial charge in [0.25, 0.3) is 0 Å². The molecule has 5 saturated carbocycles. The van der Waals surface area contributed by atoms with Crippen LogP contribution >= 0.6 is 0 Å². The lowest BCUT2D eigenvalue weighted by Gasteiger charge is -2.63. The first-order valence-electron chi connectivity index (χ1n) is 16.7. The van der Waals surface area contributed by atoms with Gasteiger partial charge < -0.3 is 19.8 Å². The molecule has 0 bridgehead atoms. The van der Waals surface area contributed by atoms with Crippen LogP contribution in [-0.4, -0.2) is 52.0 Å². The molecule has 1 saturated heterocycles. The van der Waals surface area contributed by atoms with Crippen LogP contribution in [0.25, 0.3) is 0 Å². The first-order valence-corrected chi connectivity index (χ1v) is 16.7. The Balaban J connectivity index is 1.15. The fraction of sp³-hybridized carbons (Fsp3) is 0.806. The summed E-state index contributed by atoms with van der Waals surface area (Å²) in [5, 5.41) is 23.4. The number of amides is 1. The van der Waals surface area contributed by atoms with Crippen LogP contribution in [0.4, 0.5) is 4.39 Å². The Hall–Kier alpha value is -1.50. The van der Waals surface area contributed by atoms with Crippen molar-refractivity contribution in [1.29, 1.82) is 0 Å². The number of nitrogens with zero attached hydrogens (tertiary/aromatic N) is 1. The van der Waals surface area contributed by atoms with Gasteiger partial charge in [0, 0.05) is 25.4 Å². The van der Waals surface area contributed by atoms with Crippen molar-refractivity contribution in [2.75, 3.05) is 6.54 Å². The number of carbonyl (C=O) groups is 1. The second-order valence-corrected chi connectivity index (χ2v) is 16.7. The molecule has 5 unspecified atom stereocenters. The minimum absolute atomic E-state index is 0.00603. The van der Waals surface area contributed by atoms with E-state index in [2.05, 4.69) is 34.6 Å². The van der Waals surface area contributed by atoms with E-state index in [1.54, 1.807) is 19.1 Å². The second kappa shape index (κ2) is 9.26. The molecule has 2 N–H and O–H groups in total. The molecule has 1 aliphatic heterocycles. The third-order valence-electron chi connectivity index (χ3n) is 15.0. The quantitative estimate of drug-likeness (QED) is 0.435. The molecule has 12 atom stereocenters. The van der Waals surface area contributed by atoms with E-state index in [9.17, 15) is 19.4 Å². The van der Waals surface area contributed by atoms with Gasteiger partial charge in [0.1, 0.15) is 5.82 Å². The lowest BCUT2D eigenvalue weighted by molar-refractivity contribution is -0.182. The van der Waals surface area contributed by atoms with E-state index >= 15 is 0 Å². The number of hydrogen-bond acceptors (Lipinski definition) is 4. The van der Waals surface area contributed by atoms with Crippen molar-refractivity contribution in [2.45, 2.75) is 124 Å². The molecule has 5 aliphatic carbocycles. The van der Waals surface area contributed by atoms with Crippen LogP contribution < -0.4 is 0 Å². The van der Waals surface area contributed by atoms with Crippen LogP contribution in [0.15, 0.2) is 24.3 Å². The molecule has 6 heteroatoms. The van der Waals surface area contributed by atoms with Gasteiger partial charge >= 0.3 is 0 Å². The zero-order valence-electron chi connectivity index (χ0n) is 26.5. The summed E-state index contributed by atoms with van der Waals surface area (Å²) < 4.78 is 20.4. The Bertz CT molecular complexity index is 1250. The molecular formula is C36H52FNO4. The molecule has 7 rings (SSSR count). The van der Waals surface area contributed by atoms with Crippen LogP contribution in [0.1, 0.15) is 98.5 Å². The Morgan fingerprint density at radius 1 is 1.00 bits per heavy atom. The van der Waals surface area contributed by atoms with Gasteiger partial charge in [0.2, 0.25) is 5.91 Å². The number of rotatable bonds is 4. The number of fused-ring (bicyclic) bond motifs is 4. The van der Waals surface area contributed by atoms with E-state index in [0.717, 1.165) is 44.1 Å². The van der Waals surface area contributed by atoms with Crippen molar-refractivity contribution in [3.05, 3.63) is 35.6 Å². The van der Waals surface area contributed by atoms with Gasteiger partial charge in [-0.15, -0.1) is 0 Å². The number of benzene rings is 1. The summed E-state index contributed by atoms with van der Waals surface area (Å²) in [5.74, 6) is 1.43. The lowest BCUT2D eigenvalue weighted by Crippen LogP contribution is -2.59. The van der Waals surface area contributed by atoms with Crippen molar-refractivity contribution in [1.82, 2.24) is 4.90 Å². The van der Waals surface area contributed by atoms with Crippen molar-refractivity contribution in [3.63, 3.8) is 0 Å². The molecule has 6 aliphatic rings. The normalized spacial score (nSPS) is 50.0. The highest BCUT2D eigenvalue weighted by molar-refractivity contribution is 5.73. The molecule has 6 fully saturated rings. The first-order chi connectivity index (χ1) is 19.7. The molecule has 232 valence electrons. The van der Waals surface area contributed by atoms with E-state index in [1.165, 1.54) is 25.0 Å². The van der Waals surface area contributed by atoms with Crippen molar-refractivity contribution in [2.24, 2.45) is 50.7 Å². The molecule has 2 spiro atoms. The fourth-order valence-corrected chi connectivity index (χ4v) is 12.9. The zero-order valence-corrected chi connectivity index (χ0v) is 26.5. The van der Waals surface area contributed by atoms with Crippen LogP contribution in [-0.2, 0) is 16.1 Å². The summed E-state index contributed by atoms with van der Waals surface area (Å²) in [5.41, 5.74) is 1.27. The van der Waals surface area contributed by atoms with E-state index in [1.807, 2.05) is 4.90 Å². The minimum Gasteiger partial charge on any atom is -0.393 e. The van der Waals surface area contributed by atoms with Gasteiger partial charge in [-0.05, 0) is 114 Å². The average molecular weight is 582 g/mol. The topological polar surface area (TPSA) is 70.0 Å². The smallest absolute Gasteiger partial charge is 0.219 e. The standard InChI is InChI=1S/C36H52FNO4/c1-21-17-25(19-38(22(2)39)18-23-7-9-24(37)10-8-23)42-30-29(21)33(5)15-16-36-20-35(36)14-13-28(40)32(3,4)26(35)11-12-27(36)34(33,6)31(30)41/h7-10,21,25-31,40-41H,11-20H2,1-6H3/t21-,25?,26+,27?,28+,29+,30?,31+,33-,34-,35?,36?/m1/s1. The summed E-state index contributed by atoms with van der Waals surface area (Å²) >= 11 is 0. The molecule has 0 radical (unpaired) electrons. The number of carbonyl (C=O) groups excluding carboxylic acids is 1. The Kier molecular flexibility index (Phi) is 6.45. The lowest BCUT2D eigenvalue weighted by atomic mass is 9.41. The third kappa shape index (κ3) is 3.61. The highest BCUT2D eigenvalue weighted by Gasteiger charge is 2.84. The predicted octanol–water partition coefficient (Wildman–Crippen LogP) is 6.35. The molecule has 0 aromatic heterocycles. The summed E-state index contributed by atoms with van der Waals surface area (Å²) in [6.45, 7) is 14.3. The Labute approximate surface area is 251 Å². The van der Waals surface area contributed by atoms with E-state index < -0.39 is 6.10 Å². The molecule has 1 aromatic carbocycles. The van der Waals surface area contributed by atoms with Crippen molar-refractivity contribution >= 4 is 5.91 Å². The maximum atomic E-state index is 13.5. The maximum absolute atomic E-state index is 13.5. The van der Waals surface area contributed by atoms with Crippen LogP contribution in [0.3, 0.4) is 0 Å². The second-order valence-electron chi connectivity index (χ2n) is 16.7. The Morgan fingerprint density at radius 3 is 2.36 bits per heavy atom. The van der Waals surface area contributed by atoms with Gasteiger partial charge in [-0.25, -0.2) is 4.39 Å². The molecule has 1 aromatic rings. The molecular weight excluding hydrogens is 529 g/mol. The molecule has 42 heavy (non-hydrogen) atoms. The third-order valence-corrected chi connectivity index (χ3v) is 15.0. The van der Waals surface area contributed by atoms with Crippen LogP contribution in [0.2, 0.25) is 0 Å². The van der Waals surface area contributed by atoms with Crippen molar-refractivity contribution < 1.29 is 24.1 Å². The van der Waals surface area contributed by atoms with Crippen LogP contribution in [0.5, 0.6) is 0 Å². The van der Waals surface area contributed by atoms with Gasteiger partial charge in [-0.2, -0.15) is 0 Å². The molecule has 1 amide bonds. The summed E-state index contributed by atoms with van der Waals surface area (Å²) in [6.07, 6.45) is 7.77. The molecule has 5 nitrogen and oxygen atoms in total. The van der Waals surface area contributed by atoms with E-state index in [-0.39, 0.29) is 46.3 Å². The highest BCUT2D eigenvalue weighted by Crippen LogP contribution is 2.89. The number of aliphatic hydroxyl groups is 2. The fourth-order valence-electron chi connectivity index (χ4n) is 12.9. The predicted molar refractivity (Wildman–Crippen MR) is 160 cm³/mol. The zero-order chi connectivity index (χ0) is 30.0. The summed E-state index contributed by atoms with van der Waals surface area (Å²) in [7, 11) is 0. The van der Waals surface area contributed by atoms with Crippen molar-refractivity contribution in [3.8, 4) is 0 Å². The monoisotopic (exact) mass is 581 g/mol. The van der Waals surface area contributed by atoms with Gasteiger partial charge in [0.15, 0.2) is 0 Å².